The minimum Gasteiger partial charge on any atom is -0.494 e. The molecular weight excluding hydrogens is 388 g/mol. The van der Waals surface area contributed by atoms with Gasteiger partial charge in [0.05, 0.1) is 6.61 Å². The molecule has 6 heteroatoms. The SMILES string of the molecule is CCCOc1cccc(CNC(=NC)NCC2CC(=O)N(CCc3ccccc3)C2)c1. The van der Waals surface area contributed by atoms with Gasteiger partial charge in [0.2, 0.25) is 5.91 Å². The molecule has 3 rings (SSSR count). The third-order valence-electron chi connectivity index (χ3n) is 5.42. The molecule has 0 aliphatic carbocycles. The number of aliphatic imine (C=N–C) groups is 1. The fraction of sp³-hybridized carbons (Fsp3) is 0.440. The molecule has 6 nitrogen and oxygen atoms in total. The van der Waals surface area contributed by atoms with Crippen LogP contribution in [0.2, 0.25) is 0 Å². The molecule has 1 fully saturated rings. The molecule has 166 valence electrons. The van der Waals surface area contributed by atoms with Gasteiger partial charge in [-0.15, -0.1) is 0 Å². The van der Waals surface area contributed by atoms with Crippen molar-refractivity contribution >= 4 is 11.9 Å². The Hall–Kier alpha value is -3.02. The summed E-state index contributed by atoms with van der Waals surface area (Å²) in [6.45, 7) is 5.79. The summed E-state index contributed by atoms with van der Waals surface area (Å²) in [7, 11) is 1.77. The number of guanidine groups is 1. The topological polar surface area (TPSA) is 66.0 Å². The summed E-state index contributed by atoms with van der Waals surface area (Å²) in [4.78, 5) is 18.7. The normalized spacial score (nSPS) is 16.5. The number of carbonyl (C=O) groups excluding carboxylic acids is 1. The van der Waals surface area contributed by atoms with E-state index >= 15 is 0 Å². The van der Waals surface area contributed by atoms with Crippen molar-refractivity contribution in [2.45, 2.75) is 32.7 Å². The van der Waals surface area contributed by atoms with E-state index in [2.05, 4.69) is 46.8 Å². The molecule has 1 atom stereocenters. The fourth-order valence-electron chi connectivity index (χ4n) is 3.73. The molecule has 2 aromatic rings. The number of amides is 1. The predicted molar refractivity (Wildman–Crippen MR) is 125 cm³/mol. The highest BCUT2D eigenvalue weighted by atomic mass is 16.5. The first kappa shape index (κ1) is 22.7. The maximum atomic E-state index is 12.4. The van der Waals surface area contributed by atoms with Gasteiger partial charge in [-0.3, -0.25) is 9.79 Å². The zero-order valence-electron chi connectivity index (χ0n) is 18.6. The Morgan fingerprint density at radius 2 is 1.94 bits per heavy atom. The monoisotopic (exact) mass is 422 g/mol. The van der Waals surface area contributed by atoms with E-state index in [9.17, 15) is 4.79 Å². The number of ether oxygens (including phenoxy) is 1. The Morgan fingerprint density at radius 1 is 1.13 bits per heavy atom. The van der Waals surface area contributed by atoms with Crippen molar-refractivity contribution in [2.75, 3.05) is 33.3 Å². The van der Waals surface area contributed by atoms with E-state index in [4.69, 9.17) is 4.74 Å². The average Bonchev–Trinajstić information content (AvgIpc) is 3.16. The minimum atomic E-state index is 0.245. The van der Waals surface area contributed by atoms with E-state index in [1.807, 2.05) is 35.2 Å². The first-order valence-electron chi connectivity index (χ1n) is 11.2. The summed E-state index contributed by atoms with van der Waals surface area (Å²) >= 11 is 0. The highest BCUT2D eigenvalue weighted by molar-refractivity contribution is 5.80. The van der Waals surface area contributed by atoms with Gasteiger partial charge < -0.3 is 20.3 Å². The van der Waals surface area contributed by atoms with Gasteiger partial charge in [0.1, 0.15) is 5.75 Å². The number of likely N-dealkylation sites (tertiary alicyclic amines) is 1. The highest BCUT2D eigenvalue weighted by Gasteiger charge is 2.29. The van der Waals surface area contributed by atoms with Crippen LogP contribution >= 0.6 is 0 Å². The molecule has 2 N–H and O–H groups in total. The molecule has 2 aromatic carbocycles. The van der Waals surface area contributed by atoms with Crippen molar-refractivity contribution in [3.8, 4) is 5.75 Å². The molecule has 1 unspecified atom stereocenters. The largest absolute Gasteiger partial charge is 0.494 e. The lowest BCUT2D eigenvalue weighted by molar-refractivity contribution is -0.127. The lowest BCUT2D eigenvalue weighted by Gasteiger charge is -2.18. The molecule has 0 saturated carbocycles. The molecule has 1 aliphatic rings. The molecule has 0 spiro atoms. The van der Waals surface area contributed by atoms with Gasteiger partial charge in [0.25, 0.3) is 0 Å². The van der Waals surface area contributed by atoms with Crippen molar-refractivity contribution in [2.24, 2.45) is 10.9 Å². The lowest BCUT2D eigenvalue weighted by atomic mass is 10.1. The summed E-state index contributed by atoms with van der Waals surface area (Å²) in [6.07, 6.45) is 2.49. The minimum absolute atomic E-state index is 0.245. The van der Waals surface area contributed by atoms with Gasteiger partial charge >= 0.3 is 0 Å². The third-order valence-corrected chi connectivity index (χ3v) is 5.42. The van der Waals surface area contributed by atoms with E-state index < -0.39 is 0 Å². The molecule has 0 radical (unpaired) electrons. The second-order valence-corrected chi connectivity index (χ2v) is 7.95. The van der Waals surface area contributed by atoms with Gasteiger partial charge in [-0.1, -0.05) is 49.4 Å². The van der Waals surface area contributed by atoms with Crippen molar-refractivity contribution in [3.05, 3.63) is 65.7 Å². The molecule has 1 saturated heterocycles. The number of nitrogens with one attached hydrogen (secondary N) is 2. The molecular formula is C25H34N4O2. The smallest absolute Gasteiger partial charge is 0.223 e. The van der Waals surface area contributed by atoms with Crippen molar-refractivity contribution in [3.63, 3.8) is 0 Å². The van der Waals surface area contributed by atoms with Crippen LogP contribution in [-0.4, -0.2) is 50.1 Å². The second-order valence-electron chi connectivity index (χ2n) is 7.95. The van der Waals surface area contributed by atoms with Crippen LogP contribution in [0.3, 0.4) is 0 Å². The predicted octanol–water partition coefficient (Wildman–Crippen LogP) is 3.23. The molecule has 1 aliphatic heterocycles. The number of nitrogens with zero attached hydrogens (tertiary/aromatic N) is 2. The molecule has 0 bridgehead atoms. The fourth-order valence-corrected chi connectivity index (χ4v) is 3.73. The Morgan fingerprint density at radius 3 is 2.71 bits per heavy atom. The summed E-state index contributed by atoms with van der Waals surface area (Å²) in [5.41, 5.74) is 2.41. The van der Waals surface area contributed by atoms with Gasteiger partial charge in [0.15, 0.2) is 5.96 Å². The third kappa shape index (κ3) is 7.31. The Bertz CT molecular complexity index is 854. The van der Waals surface area contributed by atoms with Crippen LogP contribution in [0.25, 0.3) is 0 Å². The van der Waals surface area contributed by atoms with Gasteiger partial charge in [-0.25, -0.2) is 0 Å². The average molecular weight is 423 g/mol. The van der Waals surface area contributed by atoms with Crippen LogP contribution in [0.1, 0.15) is 30.9 Å². The summed E-state index contributed by atoms with van der Waals surface area (Å²) in [6, 6.07) is 18.4. The molecule has 1 heterocycles. The van der Waals surface area contributed by atoms with E-state index in [0.717, 1.165) is 56.4 Å². The first-order valence-corrected chi connectivity index (χ1v) is 11.2. The van der Waals surface area contributed by atoms with Crippen LogP contribution in [0.4, 0.5) is 0 Å². The quantitative estimate of drug-likeness (QED) is 0.456. The number of carbonyl (C=O) groups is 1. The van der Waals surface area contributed by atoms with E-state index in [1.165, 1.54) is 5.56 Å². The number of benzene rings is 2. The van der Waals surface area contributed by atoms with Gasteiger partial charge in [-0.05, 0) is 36.1 Å². The van der Waals surface area contributed by atoms with Crippen LogP contribution < -0.4 is 15.4 Å². The second kappa shape index (κ2) is 12.0. The summed E-state index contributed by atoms with van der Waals surface area (Å²) < 4.78 is 5.70. The lowest BCUT2D eigenvalue weighted by Crippen LogP contribution is -2.40. The molecule has 1 amide bonds. The number of rotatable bonds is 10. The zero-order chi connectivity index (χ0) is 21.9. The summed E-state index contributed by atoms with van der Waals surface area (Å²) in [5.74, 6) is 2.18. The number of hydrogen-bond acceptors (Lipinski definition) is 3. The van der Waals surface area contributed by atoms with E-state index in [0.29, 0.717) is 18.9 Å². The van der Waals surface area contributed by atoms with Crippen LogP contribution in [-0.2, 0) is 17.8 Å². The summed E-state index contributed by atoms with van der Waals surface area (Å²) in [5, 5.41) is 6.72. The van der Waals surface area contributed by atoms with Gasteiger partial charge in [0, 0.05) is 45.6 Å². The van der Waals surface area contributed by atoms with E-state index in [1.54, 1.807) is 7.05 Å². The maximum absolute atomic E-state index is 12.4. The highest BCUT2D eigenvalue weighted by Crippen LogP contribution is 2.18. The standard InChI is InChI=1S/C25H34N4O2/c1-3-14-31-23-11-7-10-21(15-23)17-27-25(26-2)28-18-22-16-24(30)29(19-22)13-12-20-8-5-4-6-9-20/h4-11,15,22H,3,12-14,16-19H2,1-2H3,(H2,26,27,28). The van der Waals surface area contributed by atoms with Crippen LogP contribution in [0.5, 0.6) is 5.75 Å². The maximum Gasteiger partial charge on any atom is 0.223 e. The Kier molecular flexibility index (Phi) is 8.76. The van der Waals surface area contributed by atoms with Crippen LogP contribution in [0, 0.1) is 5.92 Å². The Balaban J connectivity index is 1.41. The number of hydrogen-bond donors (Lipinski definition) is 2. The molecule has 0 aromatic heterocycles. The van der Waals surface area contributed by atoms with Crippen molar-refractivity contribution in [1.29, 1.82) is 0 Å². The zero-order valence-corrected chi connectivity index (χ0v) is 18.6. The Labute approximate surface area is 185 Å². The molecule has 31 heavy (non-hydrogen) atoms. The van der Waals surface area contributed by atoms with E-state index in [-0.39, 0.29) is 5.91 Å². The van der Waals surface area contributed by atoms with Crippen LogP contribution in [0.15, 0.2) is 59.6 Å². The first-order chi connectivity index (χ1) is 15.2. The van der Waals surface area contributed by atoms with Gasteiger partial charge in [-0.2, -0.15) is 0 Å². The van der Waals surface area contributed by atoms with Crippen molar-refractivity contribution < 1.29 is 9.53 Å². The van der Waals surface area contributed by atoms with Crippen molar-refractivity contribution in [1.82, 2.24) is 15.5 Å².